The van der Waals surface area contributed by atoms with Gasteiger partial charge in [0.25, 0.3) is 0 Å². The van der Waals surface area contributed by atoms with Gasteiger partial charge in [-0.1, -0.05) is 33.3 Å². The Hall–Kier alpha value is -0.910. The van der Waals surface area contributed by atoms with Crippen molar-refractivity contribution in [1.29, 1.82) is 0 Å². The van der Waals surface area contributed by atoms with Crippen LogP contribution in [0.5, 0.6) is 0 Å². The number of hydrogen-bond donors (Lipinski definition) is 0. The van der Waals surface area contributed by atoms with Crippen molar-refractivity contribution in [2.75, 3.05) is 37.6 Å². The lowest BCUT2D eigenvalue weighted by Gasteiger charge is -2.38. The first-order chi connectivity index (χ1) is 12.7. The molecule has 1 unspecified atom stereocenters. The molecule has 2 saturated heterocycles. The van der Waals surface area contributed by atoms with Crippen LogP contribution in [0.15, 0.2) is 29.2 Å². The van der Waals surface area contributed by atoms with Crippen LogP contribution in [0.2, 0.25) is 0 Å². The molecule has 0 radical (unpaired) electrons. The van der Waals surface area contributed by atoms with Crippen LogP contribution in [-0.2, 0) is 11.1 Å². The van der Waals surface area contributed by atoms with Gasteiger partial charge in [0.2, 0.25) is 0 Å². The topological polar surface area (TPSA) is 46.6 Å². The highest BCUT2D eigenvalue weighted by molar-refractivity contribution is 7.79. The third-order valence-electron chi connectivity index (χ3n) is 5.79. The lowest BCUT2D eigenvalue weighted by molar-refractivity contribution is 0.149. The molecule has 0 aromatic heterocycles. The van der Waals surface area contributed by atoms with E-state index in [9.17, 15) is 8.76 Å². The van der Waals surface area contributed by atoms with Gasteiger partial charge in [-0.3, -0.25) is 4.21 Å². The van der Waals surface area contributed by atoms with Gasteiger partial charge in [-0.15, -0.1) is 0 Å². The predicted octanol–water partition coefficient (Wildman–Crippen LogP) is 4.29. The largest absolute Gasteiger partial charge is 0.768 e. The second-order valence-corrected chi connectivity index (χ2v) is 8.26. The highest BCUT2D eigenvalue weighted by Gasteiger charge is 2.24. The molecule has 0 N–H and O–H groups in total. The summed E-state index contributed by atoms with van der Waals surface area (Å²) in [6.45, 7) is 12.2. The van der Waals surface area contributed by atoms with Gasteiger partial charge in [0, 0.05) is 30.2 Å². The van der Waals surface area contributed by atoms with Crippen LogP contribution in [0.1, 0.15) is 52.9 Å². The molecular weight excluding hydrogens is 344 g/mol. The molecule has 2 fully saturated rings. The summed E-state index contributed by atoms with van der Waals surface area (Å²) in [6, 6.07) is 7.30. The number of likely N-dealkylation sites (tertiary alicyclic amines) is 1. The lowest BCUT2D eigenvalue weighted by atomic mass is 9.91. The van der Waals surface area contributed by atoms with Gasteiger partial charge in [0.1, 0.15) is 0 Å². The lowest BCUT2D eigenvalue weighted by Crippen LogP contribution is -2.41. The van der Waals surface area contributed by atoms with Gasteiger partial charge in [-0.25, -0.2) is 0 Å². The zero-order chi connectivity index (χ0) is 18.9. The summed E-state index contributed by atoms with van der Waals surface area (Å²) in [4.78, 5) is 5.37. The minimum Gasteiger partial charge on any atom is -0.768 e. The summed E-state index contributed by atoms with van der Waals surface area (Å²) in [5, 5.41) is 0. The third kappa shape index (κ3) is 6.07. The number of piperidine rings is 2. The molecule has 0 bridgehead atoms. The van der Waals surface area contributed by atoms with Gasteiger partial charge in [-0.2, -0.15) is 0 Å². The standard InChI is InChI=1S/C19H30N2O2S.C2H6/c1-2-16-6-10-20(11-7-16)15-17-8-12-21(13-9-17)18-4-3-5-19(14-18)24(22)23;1-2/h3-5,14,16-17H,2,6-13,15H2,1H3,(H,22,23);1-2H3/p-1. The molecule has 1 aromatic rings. The smallest absolute Gasteiger partial charge is 0.0377 e. The molecule has 0 spiro atoms. The first-order valence-electron chi connectivity index (χ1n) is 10.3. The molecule has 1 aromatic carbocycles. The molecule has 0 saturated carbocycles. The monoisotopic (exact) mass is 379 g/mol. The molecule has 148 valence electrons. The highest BCUT2D eigenvalue weighted by atomic mass is 32.2. The van der Waals surface area contributed by atoms with Gasteiger partial charge in [0.05, 0.1) is 0 Å². The third-order valence-corrected chi connectivity index (χ3v) is 6.43. The molecule has 2 aliphatic rings. The van der Waals surface area contributed by atoms with Crippen LogP contribution in [0.4, 0.5) is 5.69 Å². The first-order valence-corrected chi connectivity index (χ1v) is 11.4. The van der Waals surface area contributed by atoms with E-state index in [0.717, 1.165) is 30.6 Å². The summed E-state index contributed by atoms with van der Waals surface area (Å²) in [6.07, 6.45) is 6.49. The Labute approximate surface area is 162 Å². The zero-order valence-corrected chi connectivity index (χ0v) is 17.5. The number of hydrogen-bond acceptors (Lipinski definition) is 4. The van der Waals surface area contributed by atoms with Crippen molar-refractivity contribution in [3.05, 3.63) is 24.3 Å². The van der Waals surface area contributed by atoms with E-state index in [4.69, 9.17) is 0 Å². The Morgan fingerprint density at radius 3 is 2.23 bits per heavy atom. The summed E-state index contributed by atoms with van der Waals surface area (Å²) in [7, 11) is 0. The molecule has 0 aliphatic carbocycles. The summed E-state index contributed by atoms with van der Waals surface area (Å²) in [5.74, 6) is 1.73. The molecular formula is C21H35N2O2S-. The fraction of sp³-hybridized carbons (Fsp3) is 0.714. The fourth-order valence-electron chi connectivity index (χ4n) is 4.10. The van der Waals surface area contributed by atoms with E-state index in [1.54, 1.807) is 12.1 Å². The zero-order valence-electron chi connectivity index (χ0n) is 16.7. The van der Waals surface area contributed by atoms with E-state index in [2.05, 4.69) is 16.7 Å². The molecule has 5 heteroatoms. The Morgan fingerprint density at radius 2 is 1.65 bits per heavy atom. The number of benzene rings is 1. The van der Waals surface area contributed by atoms with E-state index in [-0.39, 0.29) is 0 Å². The van der Waals surface area contributed by atoms with E-state index in [0.29, 0.717) is 4.90 Å². The maximum absolute atomic E-state index is 11.1. The van der Waals surface area contributed by atoms with Crippen LogP contribution in [0, 0.1) is 11.8 Å². The average molecular weight is 380 g/mol. The summed E-state index contributed by atoms with van der Waals surface area (Å²) in [5.41, 5.74) is 1.04. The van der Waals surface area contributed by atoms with Crippen LogP contribution in [-0.4, -0.2) is 46.4 Å². The van der Waals surface area contributed by atoms with E-state index in [1.165, 1.54) is 51.7 Å². The minimum absolute atomic E-state index is 0.383. The van der Waals surface area contributed by atoms with Crippen molar-refractivity contribution < 1.29 is 8.76 Å². The van der Waals surface area contributed by atoms with E-state index >= 15 is 0 Å². The Bertz CT molecular complexity index is 551. The maximum atomic E-state index is 11.1. The molecule has 2 heterocycles. The molecule has 26 heavy (non-hydrogen) atoms. The predicted molar refractivity (Wildman–Crippen MR) is 109 cm³/mol. The average Bonchev–Trinajstić information content (AvgIpc) is 2.71. The van der Waals surface area contributed by atoms with Crippen LogP contribution in [0.3, 0.4) is 0 Å². The first kappa shape index (κ1) is 21.4. The molecule has 0 amide bonds. The number of anilines is 1. The van der Waals surface area contributed by atoms with Crippen molar-refractivity contribution in [1.82, 2.24) is 4.90 Å². The second-order valence-electron chi connectivity index (χ2n) is 7.31. The van der Waals surface area contributed by atoms with Gasteiger partial charge < -0.3 is 14.4 Å². The Kier molecular flexibility index (Phi) is 9.09. The van der Waals surface area contributed by atoms with Gasteiger partial charge in [0.15, 0.2) is 0 Å². The van der Waals surface area contributed by atoms with Crippen molar-refractivity contribution in [3.63, 3.8) is 0 Å². The Morgan fingerprint density at radius 1 is 1.04 bits per heavy atom. The number of rotatable bonds is 5. The number of nitrogens with zero attached hydrogens (tertiary/aromatic N) is 2. The molecule has 1 atom stereocenters. The molecule has 3 rings (SSSR count). The quantitative estimate of drug-likeness (QED) is 0.716. The maximum Gasteiger partial charge on any atom is 0.0377 e. The van der Waals surface area contributed by atoms with Gasteiger partial charge in [-0.05, 0) is 79.9 Å². The van der Waals surface area contributed by atoms with Gasteiger partial charge >= 0.3 is 0 Å². The van der Waals surface area contributed by atoms with Crippen molar-refractivity contribution in [2.24, 2.45) is 11.8 Å². The minimum atomic E-state index is -2.14. The van der Waals surface area contributed by atoms with Crippen molar-refractivity contribution in [2.45, 2.75) is 57.8 Å². The fourth-order valence-corrected chi connectivity index (χ4v) is 4.51. The van der Waals surface area contributed by atoms with E-state index in [1.807, 2.05) is 26.0 Å². The normalized spacial score (nSPS) is 21.2. The van der Waals surface area contributed by atoms with E-state index < -0.39 is 11.1 Å². The van der Waals surface area contributed by atoms with Crippen molar-refractivity contribution >= 4 is 16.8 Å². The Balaban J connectivity index is 0.00000117. The highest BCUT2D eigenvalue weighted by Crippen LogP contribution is 2.27. The molecule has 4 nitrogen and oxygen atoms in total. The van der Waals surface area contributed by atoms with Crippen LogP contribution < -0.4 is 4.90 Å². The van der Waals surface area contributed by atoms with Crippen molar-refractivity contribution in [3.8, 4) is 0 Å². The molecule has 2 aliphatic heterocycles. The van der Waals surface area contributed by atoms with Crippen LogP contribution in [0.25, 0.3) is 0 Å². The summed E-state index contributed by atoms with van der Waals surface area (Å²) < 4.78 is 22.3. The second kappa shape index (κ2) is 11.1. The van der Waals surface area contributed by atoms with Crippen LogP contribution >= 0.6 is 0 Å². The summed E-state index contributed by atoms with van der Waals surface area (Å²) >= 11 is -2.14. The SMILES string of the molecule is CC.CCC1CCN(CC2CCN(c3cccc(S(=O)[O-])c3)CC2)CC1.